The Balaban J connectivity index is 1.80. The van der Waals surface area contributed by atoms with Gasteiger partial charge in [-0.25, -0.2) is 0 Å². The van der Waals surface area contributed by atoms with Crippen molar-refractivity contribution < 1.29 is 9.53 Å². The largest absolute Gasteiger partial charge is 0.382 e. The predicted molar refractivity (Wildman–Crippen MR) is 83.6 cm³/mol. The second kappa shape index (κ2) is 6.60. The van der Waals surface area contributed by atoms with Crippen LogP contribution >= 0.6 is 0 Å². The molecule has 118 valence electrons. The van der Waals surface area contributed by atoms with Gasteiger partial charge < -0.3 is 10.5 Å². The van der Waals surface area contributed by atoms with Crippen LogP contribution in [-0.4, -0.2) is 46.9 Å². The van der Waals surface area contributed by atoms with Gasteiger partial charge in [-0.2, -0.15) is 15.0 Å². The maximum absolute atomic E-state index is 12.5. The molecule has 1 fully saturated rings. The van der Waals surface area contributed by atoms with E-state index in [0.717, 1.165) is 43.1 Å². The first-order valence-corrected chi connectivity index (χ1v) is 7.36. The van der Waals surface area contributed by atoms with Crippen molar-refractivity contribution in [2.75, 3.05) is 32.0 Å². The van der Waals surface area contributed by atoms with Gasteiger partial charge in [0.1, 0.15) is 17.5 Å². The van der Waals surface area contributed by atoms with Gasteiger partial charge in [0, 0.05) is 25.2 Å². The average molecular weight is 311 g/mol. The lowest BCUT2D eigenvalue weighted by Gasteiger charge is -2.26. The summed E-state index contributed by atoms with van der Waals surface area (Å²) >= 11 is 0. The van der Waals surface area contributed by atoms with Gasteiger partial charge in [-0.1, -0.05) is 12.1 Å². The van der Waals surface area contributed by atoms with Crippen LogP contribution in [0.3, 0.4) is 0 Å². The standard InChI is InChI=1S/C16H17N5O2/c17-9-14-10-19-21(15(14)18)16(22)13-3-1-2-12(8-13)11-20-4-6-23-7-5-20/h1-3,8,10H,4-7,11,18H2. The Hall–Kier alpha value is -2.69. The molecule has 1 aliphatic rings. The molecule has 1 aromatic carbocycles. The Labute approximate surface area is 133 Å². The molecule has 1 saturated heterocycles. The van der Waals surface area contributed by atoms with Crippen LogP contribution in [0.15, 0.2) is 30.5 Å². The maximum atomic E-state index is 12.5. The second-order valence-electron chi connectivity index (χ2n) is 5.36. The van der Waals surface area contributed by atoms with Crippen molar-refractivity contribution in [3.05, 3.63) is 47.2 Å². The Morgan fingerprint density at radius 2 is 2.17 bits per heavy atom. The van der Waals surface area contributed by atoms with Crippen molar-refractivity contribution in [2.24, 2.45) is 0 Å². The number of nitriles is 1. The number of carbonyl (C=O) groups is 1. The molecule has 3 rings (SSSR count). The van der Waals surface area contributed by atoms with Gasteiger partial charge in [0.05, 0.1) is 19.4 Å². The molecular formula is C16H17N5O2. The molecule has 0 saturated carbocycles. The molecule has 7 nitrogen and oxygen atoms in total. The predicted octanol–water partition coefficient (Wildman–Crippen LogP) is 0.858. The molecular weight excluding hydrogens is 294 g/mol. The third kappa shape index (κ3) is 3.23. The van der Waals surface area contributed by atoms with E-state index in [9.17, 15) is 4.79 Å². The number of aromatic nitrogens is 2. The summed E-state index contributed by atoms with van der Waals surface area (Å²) in [5, 5.41) is 12.8. The van der Waals surface area contributed by atoms with Gasteiger partial charge in [0.15, 0.2) is 0 Å². The lowest BCUT2D eigenvalue weighted by atomic mass is 10.1. The molecule has 7 heteroatoms. The summed E-state index contributed by atoms with van der Waals surface area (Å²) in [6.07, 6.45) is 1.30. The normalized spacial score (nSPS) is 15.3. The van der Waals surface area contributed by atoms with Crippen molar-refractivity contribution in [2.45, 2.75) is 6.54 Å². The van der Waals surface area contributed by atoms with Crippen molar-refractivity contribution in [3.63, 3.8) is 0 Å². The van der Waals surface area contributed by atoms with E-state index in [-0.39, 0.29) is 17.3 Å². The third-order valence-electron chi connectivity index (χ3n) is 3.80. The van der Waals surface area contributed by atoms with Crippen LogP contribution in [-0.2, 0) is 11.3 Å². The van der Waals surface area contributed by atoms with E-state index in [1.165, 1.54) is 6.20 Å². The van der Waals surface area contributed by atoms with Gasteiger partial charge >= 0.3 is 0 Å². The van der Waals surface area contributed by atoms with Crippen molar-refractivity contribution >= 4 is 11.7 Å². The summed E-state index contributed by atoms with van der Waals surface area (Å²) in [5.41, 5.74) is 7.51. The maximum Gasteiger partial charge on any atom is 0.280 e. The van der Waals surface area contributed by atoms with E-state index in [1.54, 1.807) is 6.07 Å². The summed E-state index contributed by atoms with van der Waals surface area (Å²) in [6.45, 7) is 4.01. The molecule has 2 aromatic rings. The average Bonchev–Trinajstić information content (AvgIpc) is 2.96. The highest BCUT2D eigenvalue weighted by Gasteiger charge is 2.17. The quantitative estimate of drug-likeness (QED) is 0.903. The molecule has 0 amide bonds. The Morgan fingerprint density at radius 1 is 1.39 bits per heavy atom. The molecule has 2 N–H and O–H groups in total. The molecule has 1 aromatic heterocycles. The number of nitrogens with two attached hydrogens (primary N) is 1. The number of nitrogens with zero attached hydrogens (tertiary/aromatic N) is 4. The zero-order valence-electron chi connectivity index (χ0n) is 12.6. The highest BCUT2D eigenvalue weighted by molar-refractivity contribution is 5.97. The molecule has 0 bridgehead atoms. The molecule has 2 heterocycles. The van der Waals surface area contributed by atoms with Crippen molar-refractivity contribution in [1.82, 2.24) is 14.7 Å². The van der Waals surface area contributed by atoms with E-state index in [1.807, 2.05) is 24.3 Å². The minimum atomic E-state index is -0.340. The van der Waals surface area contributed by atoms with Crippen molar-refractivity contribution in [3.8, 4) is 6.07 Å². The van der Waals surface area contributed by atoms with Gasteiger partial charge in [-0.05, 0) is 17.7 Å². The number of hydrogen-bond donors (Lipinski definition) is 1. The Bertz CT molecular complexity index is 756. The number of carbonyl (C=O) groups excluding carboxylic acids is 1. The Morgan fingerprint density at radius 3 is 2.87 bits per heavy atom. The minimum absolute atomic E-state index is 0.0658. The lowest BCUT2D eigenvalue weighted by Crippen LogP contribution is -2.35. The smallest absolute Gasteiger partial charge is 0.280 e. The number of benzene rings is 1. The van der Waals surface area contributed by atoms with Gasteiger partial charge in [-0.15, -0.1) is 0 Å². The van der Waals surface area contributed by atoms with E-state index in [2.05, 4.69) is 10.00 Å². The van der Waals surface area contributed by atoms with Crippen LogP contribution < -0.4 is 5.73 Å². The number of nitrogen functional groups attached to an aromatic ring is 1. The zero-order chi connectivity index (χ0) is 16.2. The van der Waals surface area contributed by atoms with E-state index in [4.69, 9.17) is 15.7 Å². The highest BCUT2D eigenvalue weighted by Crippen LogP contribution is 2.15. The van der Waals surface area contributed by atoms with Crippen LogP contribution in [0.5, 0.6) is 0 Å². The summed E-state index contributed by atoms with van der Waals surface area (Å²) in [4.78, 5) is 14.8. The number of morpholine rings is 1. The van der Waals surface area contributed by atoms with E-state index in [0.29, 0.717) is 5.56 Å². The summed E-state index contributed by atoms with van der Waals surface area (Å²) in [5.74, 6) is -0.274. The first kappa shape index (κ1) is 15.2. The second-order valence-corrected chi connectivity index (χ2v) is 5.36. The van der Waals surface area contributed by atoms with Gasteiger partial charge in [0.2, 0.25) is 0 Å². The fourth-order valence-electron chi connectivity index (χ4n) is 2.55. The van der Waals surface area contributed by atoms with E-state index < -0.39 is 0 Å². The minimum Gasteiger partial charge on any atom is -0.382 e. The van der Waals surface area contributed by atoms with Crippen LogP contribution in [0.4, 0.5) is 5.82 Å². The number of rotatable bonds is 3. The molecule has 0 unspecified atom stereocenters. The van der Waals surface area contributed by atoms with Crippen molar-refractivity contribution in [1.29, 1.82) is 5.26 Å². The van der Waals surface area contributed by atoms with Gasteiger partial charge in [-0.3, -0.25) is 9.69 Å². The van der Waals surface area contributed by atoms with Crippen LogP contribution in [0, 0.1) is 11.3 Å². The fraction of sp³-hybridized carbons (Fsp3) is 0.312. The third-order valence-corrected chi connectivity index (χ3v) is 3.80. The first-order chi connectivity index (χ1) is 11.2. The SMILES string of the molecule is N#Cc1cnn(C(=O)c2cccc(CN3CCOCC3)c2)c1N. The Kier molecular flexibility index (Phi) is 4.37. The van der Waals surface area contributed by atoms with Crippen LogP contribution in [0.25, 0.3) is 0 Å². The van der Waals surface area contributed by atoms with Crippen LogP contribution in [0.1, 0.15) is 21.5 Å². The topological polar surface area (TPSA) is 97.2 Å². The first-order valence-electron chi connectivity index (χ1n) is 7.36. The molecule has 23 heavy (non-hydrogen) atoms. The molecule has 0 aliphatic carbocycles. The van der Waals surface area contributed by atoms with E-state index >= 15 is 0 Å². The highest BCUT2D eigenvalue weighted by atomic mass is 16.5. The fourth-order valence-corrected chi connectivity index (χ4v) is 2.55. The number of anilines is 1. The molecule has 0 radical (unpaired) electrons. The monoisotopic (exact) mass is 311 g/mol. The zero-order valence-corrected chi connectivity index (χ0v) is 12.6. The van der Waals surface area contributed by atoms with Crippen LogP contribution in [0.2, 0.25) is 0 Å². The summed E-state index contributed by atoms with van der Waals surface area (Å²) in [6, 6.07) is 9.29. The number of hydrogen-bond acceptors (Lipinski definition) is 6. The lowest BCUT2D eigenvalue weighted by molar-refractivity contribution is 0.0342. The molecule has 0 spiro atoms. The summed E-state index contributed by atoms with van der Waals surface area (Å²) in [7, 11) is 0. The van der Waals surface area contributed by atoms with Gasteiger partial charge in [0.25, 0.3) is 5.91 Å². The number of ether oxygens (including phenoxy) is 1. The molecule has 0 atom stereocenters. The molecule has 1 aliphatic heterocycles. The summed E-state index contributed by atoms with van der Waals surface area (Å²) < 4.78 is 6.40.